The van der Waals surface area contributed by atoms with Crippen molar-refractivity contribution in [3.8, 4) is 0 Å². The minimum Gasteiger partial charge on any atom is -0.399 e. The molecule has 1 heterocycles. The van der Waals surface area contributed by atoms with Crippen molar-refractivity contribution in [2.75, 3.05) is 5.73 Å². The highest BCUT2D eigenvalue weighted by Crippen LogP contribution is 2.40. The van der Waals surface area contributed by atoms with Crippen molar-refractivity contribution in [1.29, 1.82) is 0 Å². The van der Waals surface area contributed by atoms with E-state index in [4.69, 9.17) is 5.73 Å². The number of rotatable bonds is 2. The quantitative estimate of drug-likeness (QED) is 0.793. The van der Waals surface area contributed by atoms with Crippen LogP contribution in [0.4, 0.5) is 14.5 Å². The van der Waals surface area contributed by atoms with Crippen LogP contribution in [0.15, 0.2) is 35.7 Å². The Kier molecular flexibility index (Phi) is 2.68. The Morgan fingerprint density at radius 3 is 2.56 bits per heavy atom. The summed E-state index contributed by atoms with van der Waals surface area (Å²) in [5.74, 6) is -2.96. The Hall–Kier alpha value is -1.42. The number of halogens is 2. The van der Waals surface area contributed by atoms with Gasteiger partial charge in [0.05, 0.1) is 4.88 Å². The molecule has 0 saturated heterocycles. The average Bonchev–Trinajstić information content (AvgIpc) is 2.65. The molecule has 1 aromatic heterocycles. The fraction of sp³-hybridized carbons (Fsp3) is 0.167. The van der Waals surface area contributed by atoms with Gasteiger partial charge >= 0.3 is 5.92 Å². The SMILES string of the molecule is Cc1ccsc1C(F)(F)c1cccc(N)c1. The molecule has 0 amide bonds. The maximum Gasteiger partial charge on any atom is 0.307 e. The summed E-state index contributed by atoms with van der Waals surface area (Å²) in [6, 6.07) is 7.55. The summed E-state index contributed by atoms with van der Waals surface area (Å²) >= 11 is 1.07. The normalized spacial score (nSPS) is 11.7. The molecule has 0 aliphatic heterocycles. The highest BCUT2D eigenvalue weighted by molar-refractivity contribution is 7.10. The first-order valence-electron chi connectivity index (χ1n) is 4.80. The van der Waals surface area contributed by atoms with Crippen LogP contribution in [0.2, 0.25) is 0 Å². The Bertz CT molecular complexity index is 505. The number of nitrogens with two attached hydrogens (primary N) is 1. The largest absolute Gasteiger partial charge is 0.399 e. The molecule has 0 radical (unpaired) electrons. The van der Waals surface area contributed by atoms with Gasteiger partial charge in [-0.1, -0.05) is 12.1 Å². The van der Waals surface area contributed by atoms with E-state index in [2.05, 4.69) is 0 Å². The number of benzene rings is 1. The van der Waals surface area contributed by atoms with Gasteiger partial charge < -0.3 is 5.73 Å². The third-order valence-corrected chi connectivity index (χ3v) is 3.48. The molecular weight excluding hydrogens is 228 g/mol. The van der Waals surface area contributed by atoms with Crippen LogP contribution in [0, 0.1) is 6.92 Å². The van der Waals surface area contributed by atoms with Gasteiger partial charge in [-0.15, -0.1) is 11.3 Å². The van der Waals surface area contributed by atoms with Gasteiger partial charge in [0, 0.05) is 11.3 Å². The molecule has 1 nitrogen and oxygen atoms in total. The van der Waals surface area contributed by atoms with Crippen molar-refractivity contribution in [2.45, 2.75) is 12.8 Å². The number of hydrogen-bond donors (Lipinski definition) is 1. The van der Waals surface area contributed by atoms with Crippen LogP contribution in [-0.4, -0.2) is 0 Å². The molecule has 2 aromatic rings. The fourth-order valence-electron chi connectivity index (χ4n) is 1.56. The Morgan fingerprint density at radius 1 is 1.25 bits per heavy atom. The van der Waals surface area contributed by atoms with Crippen LogP contribution in [-0.2, 0) is 5.92 Å². The molecule has 0 aliphatic rings. The van der Waals surface area contributed by atoms with Crippen molar-refractivity contribution in [2.24, 2.45) is 0 Å². The number of nitrogen functional groups attached to an aromatic ring is 1. The molecule has 0 aliphatic carbocycles. The number of alkyl halides is 2. The Labute approximate surface area is 96.5 Å². The molecule has 0 bridgehead atoms. The summed E-state index contributed by atoms with van der Waals surface area (Å²) in [5, 5.41) is 1.67. The number of anilines is 1. The molecule has 0 spiro atoms. The topological polar surface area (TPSA) is 26.0 Å². The van der Waals surface area contributed by atoms with Gasteiger partial charge in [0.25, 0.3) is 0 Å². The highest BCUT2D eigenvalue weighted by Gasteiger charge is 2.36. The van der Waals surface area contributed by atoms with E-state index in [-0.39, 0.29) is 10.4 Å². The maximum atomic E-state index is 14.1. The maximum absolute atomic E-state index is 14.1. The van der Waals surface area contributed by atoms with Crippen molar-refractivity contribution in [3.05, 3.63) is 51.7 Å². The monoisotopic (exact) mass is 239 g/mol. The summed E-state index contributed by atoms with van der Waals surface area (Å²) in [5.41, 5.74) is 6.42. The van der Waals surface area contributed by atoms with Crippen molar-refractivity contribution < 1.29 is 8.78 Å². The third-order valence-electron chi connectivity index (χ3n) is 2.40. The van der Waals surface area contributed by atoms with E-state index in [1.807, 2.05) is 0 Å². The van der Waals surface area contributed by atoms with Gasteiger partial charge in [-0.05, 0) is 36.1 Å². The molecule has 2 N–H and O–H groups in total. The van der Waals surface area contributed by atoms with Crippen LogP contribution in [0.25, 0.3) is 0 Å². The van der Waals surface area contributed by atoms with Crippen LogP contribution < -0.4 is 5.73 Å². The first-order chi connectivity index (χ1) is 7.51. The van der Waals surface area contributed by atoms with E-state index >= 15 is 0 Å². The molecule has 4 heteroatoms. The Morgan fingerprint density at radius 2 is 2.00 bits per heavy atom. The molecule has 16 heavy (non-hydrogen) atoms. The second-order valence-corrected chi connectivity index (χ2v) is 4.55. The van der Waals surface area contributed by atoms with Crippen LogP contribution >= 0.6 is 11.3 Å². The van der Waals surface area contributed by atoms with Crippen molar-refractivity contribution in [1.82, 2.24) is 0 Å². The molecule has 0 saturated carbocycles. The zero-order valence-electron chi connectivity index (χ0n) is 8.71. The molecule has 0 unspecified atom stereocenters. The van der Waals surface area contributed by atoms with Gasteiger partial charge in [0.1, 0.15) is 0 Å². The summed E-state index contributed by atoms with van der Waals surface area (Å²) < 4.78 is 28.2. The summed E-state index contributed by atoms with van der Waals surface area (Å²) in [6.45, 7) is 1.69. The van der Waals surface area contributed by atoms with E-state index in [0.29, 0.717) is 11.3 Å². The van der Waals surface area contributed by atoms with Crippen LogP contribution in [0.5, 0.6) is 0 Å². The summed E-state index contributed by atoms with van der Waals surface area (Å²) in [7, 11) is 0. The van der Waals surface area contributed by atoms with Crippen LogP contribution in [0.3, 0.4) is 0 Å². The second-order valence-electron chi connectivity index (χ2n) is 3.63. The summed E-state index contributed by atoms with van der Waals surface area (Å²) in [4.78, 5) is 0.0816. The summed E-state index contributed by atoms with van der Waals surface area (Å²) in [6.07, 6.45) is 0. The number of thiophene rings is 1. The predicted octanol–water partition coefficient (Wildman–Crippen LogP) is 3.78. The van der Waals surface area contributed by atoms with E-state index in [0.717, 1.165) is 11.3 Å². The van der Waals surface area contributed by atoms with Gasteiger partial charge in [0.15, 0.2) is 0 Å². The van der Waals surface area contributed by atoms with Crippen molar-refractivity contribution in [3.63, 3.8) is 0 Å². The molecule has 84 valence electrons. The van der Waals surface area contributed by atoms with Gasteiger partial charge in [0.2, 0.25) is 0 Å². The smallest absolute Gasteiger partial charge is 0.307 e. The highest BCUT2D eigenvalue weighted by atomic mass is 32.1. The molecule has 0 atom stereocenters. The fourth-order valence-corrected chi connectivity index (χ4v) is 2.49. The first-order valence-corrected chi connectivity index (χ1v) is 5.68. The van der Waals surface area contributed by atoms with Gasteiger partial charge in [-0.3, -0.25) is 0 Å². The number of aryl methyl sites for hydroxylation is 1. The molecule has 1 aromatic carbocycles. The van der Waals surface area contributed by atoms with Crippen LogP contribution in [0.1, 0.15) is 16.0 Å². The number of hydrogen-bond acceptors (Lipinski definition) is 2. The standard InChI is InChI=1S/C12H11F2NS/c1-8-5-6-16-11(8)12(13,14)9-3-2-4-10(15)7-9/h2-7H,15H2,1H3. The minimum atomic E-state index is -2.96. The van der Waals surface area contributed by atoms with E-state index in [1.165, 1.54) is 12.1 Å². The second kappa shape index (κ2) is 3.87. The lowest BCUT2D eigenvalue weighted by Gasteiger charge is -2.16. The Balaban J connectivity index is 2.51. The third kappa shape index (κ3) is 1.80. The van der Waals surface area contributed by atoms with E-state index in [9.17, 15) is 8.78 Å². The van der Waals surface area contributed by atoms with Gasteiger partial charge in [-0.25, -0.2) is 0 Å². The minimum absolute atomic E-state index is 0.0574. The van der Waals surface area contributed by atoms with Crippen molar-refractivity contribution >= 4 is 17.0 Å². The van der Waals surface area contributed by atoms with Gasteiger partial charge in [-0.2, -0.15) is 8.78 Å². The molecular formula is C12H11F2NS. The molecule has 2 rings (SSSR count). The van der Waals surface area contributed by atoms with E-state index in [1.54, 1.807) is 30.5 Å². The lowest BCUT2D eigenvalue weighted by atomic mass is 10.0. The van der Waals surface area contributed by atoms with E-state index < -0.39 is 5.92 Å². The zero-order valence-corrected chi connectivity index (χ0v) is 9.52. The predicted molar refractivity (Wildman–Crippen MR) is 62.9 cm³/mol. The lowest BCUT2D eigenvalue weighted by molar-refractivity contribution is 0.0464. The average molecular weight is 239 g/mol. The molecule has 0 fully saturated rings. The first kappa shape index (κ1) is 11.1. The zero-order chi connectivity index (χ0) is 11.8. The lowest BCUT2D eigenvalue weighted by Crippen LogP contribution is -2.14.